The third-order valence-corrected chi connectivity index (χ3v) is 6.36. The predicted octanol–water partition coefficient (Wildman–Crippen LogP) is 5.26. The van der Waals surface area contributed by atoms with E-state index in [-0.39, 0.29) is 29.5 Å². The number of para-hydroxylation sites is 1. The minimum absolute atomic E-state index is 0.264. The lowest BCUT2D eigenvalue weighted by Gasteiger charge is -2.26. The van der Waals surface area contributed by atoms with E-state index in [1.165, 1.54) is 6.08 Å². The fourth-order valence-corrected chi connectivity index (χ4v) is 4.19. The van der Waals surface area contributed by atoms with E-state index in [0.717, 1.165) is 16.0 Å². The zero-order valence-electron chi connectivity index (χ0n) is 22.7. The highest BCUT2D eigenvalue weighted by Gasteiger charge is 2.37. The molecule has 0 aromatic heterocycles. The number of aryl methyl sites for hydroxylation is 1. The zero-order chi connectivity index (χ0) is 29.5. The predicted molar refractivity (Wildman–Crippen MR) is 158 cm³/mol. The number of carbonyl (C=O) groups is 4. The van der Waals surface area contributed by atoms with Gasteiger partial charge in [-0.2, -0.15) is 0 Å². The minimum Gasteiger partial charge on any atom is -0.489 e. The third-order valence-electron chi connectivity index (χ3n) is 6.36. The van der Waals surface area contributed by atoms with Crippen LogP contribution in [0.1, 0.15) is 16.7 Å². The van der Waals surface area contributed by atoms with Gasteiger partial charge in [0.15, 0.2) is 6.61 Å². The van der Waals surface area contributed by atoms with Gasteiger partial charge in [0.05, 0.1) is 5.69 Å². The number of amides is 5. The first kappa shape index (κ1) is 27.9. The van der Waals surface area contributed by atoms with Crippen LogP contribution < -0.4 is 25.0 Å². The second-order valence-electron chi connectivity index (χ2n) is 9.47. The van der Waals surface area contributed by atoms with E-state index >= 15 is 0 Å². The molecule has 5 rings (SSSR count). The quantitative estimate of drug-likeness (QED) is 0.213. The number of carbonyl (C=O) groups excluding carboxylic acids is 4. The lowest BCUT2D eigenvalue weighted by Crippen LogP contribution is -2.54. The van der Waals surface area contributed by atoms with E-state index in [1.807, 2.05) is 49.4 Å². The van der Waals surface area contributed by atoms with Crippen molar-refractivity contribution in [2.24, 2.45) is 0 Å². The maximum Gasteiger partial charge on any atom is 0.335 e. The number of hydrogen-bond acceptors (Lipinski definition) is 6. The average molecular weight is 562 g/mol. The summed E-state index contributed by atoms with van der Waals surface area (Å²) in [5, 5.41) is 4.97. The van der Waals surface area contributed by atoms with Gasteiger partial charge in [-0.05, 0) is 61.0 Å². The van der Waals surface area contributed by atoms with E-state index in [9.17, 15) is 19.2 Å². The average Bonchev–Trinajstić information content (AvgIpc) is 3.00. The summed E-state index contributed by atoms with van der Waals surface area (Å²) in [7, 11) is 0. The maximum atomic E-state index is 13.4. The molecule has 0 aliphatic carbocycles. The number of nitrogens with zero attached hydrogens (tertiary/aromatic N) is 1. The normalized spacial score (nSPS) is 14.0. The second-order valence-corrected chi connectivity index (χ2v) is 9.47. The smallest absolute Gasteiger partial charge is 0.335 e. The molecule has 0 saturated carbocycles. The number of anilines is 2. The molecule has 2 N–H and O–H groups in total. The van der Waals surface area contributed by atoms with E-state index in [4.69, 9.17) is 9.47 Å². The summed E-state index contributed by atoms with van der Waals surface area (Å²) in [6.07, 6.45) is 1.33. The molecule has 4 aromatic rings. The highest BCUT2D eigenvalue weighted by molar-refractivity contribution is 6.39. The van der Waals surface area contributed by atoms with Gasteiger partial charge < -0.3 is 14.8 Å². The Balaban J connectivity index is 1.29. The summed E-state index contributed by atoms with van der Waals surface area (Å²) in [6, 6.07) is 29.2. The Morgan fingerprint density at radius 3 is 2.26 bits per heavy atom. The first-order chi connectivity index (χ1) is 20.4. The Morgan fingerprint density at radius 2 is 1.52 bits per heavy atom. The van der Waals surface area contributed by atoms with Crippen molar-refractivity contribution >= 4 is 41.2 Å². The molecule has 1 aliphatic rings. The van der Waals surface area contributed by atoms with Gasteiger partial charge in [0.1, 0.15) is 23.7 Å². The van der Waals surface area contributed by atoms with Crippen LogP contribution in [-0.2, 0) is 21.0 Å². The molecule has 9 heteroatoms. The number of benzene rings is 4. The molecule has 210 valence electrons. The van der Waals surface area contributed by atoms with Crippen LogP contribution in [0.5, 0.6) is 11.5 Å². The lowest BCUT2D eigenvalue weighted by molar-refractivity contribution is -0.122. The van der Waals surface area contributed by atoms with Crippen molar-refractivity contribution in [1.82, 2.24) is 5.32 Å². The molecule has 0 atom stereocenters. The van der Waals surface area contributed by atoms with Crippen LogP contribution in [0, 0.1) is 6.92 Å². The van der Waals surface area contributed by atoms with Crippen LogP contribution >= 0.6 is 0 Å². The van der Waals surface area contributed by atoms with Gasteiger partial charge in [0, 0.05) is 11.3 Å². The Morgan fingerprint density at radius 1 is 0.833 bits per heavy atom. The molecule has 42 heavy (non-hydrogen) atoms. The number of hydrogen-bond donors (Lipinski definition) is 2. The maximum absolute atomic E-state index is 13.4. The molecule has 0 spiro atoms. The number of ether oxygens (including phenoxy) is 2. The largest absolute Gasteiger partial charge is 0.489 e. The van der Waals surface area contributed by atoms with Crippen molar-refractivity contribution in [1.29, 1.82) is 0 Å². The number of barbiturate groups is 1. The van der Waals surface area contributed by atoms with Crippen molar-refractivity contribution in [2.45, 2.75) is 13.5 Å². The van der Waals surface area contributed by atoms with Crippen LogP contribution in [0.25, 0.3) is 6.08 Å². The van der Waals surface area contributed by atoms with Crippen LogP contribution in [0.3, 0.4) is 0 Å². The summed E-state index contributed by atoms with van der Waals surface area (Å²) in [5.41, 5.74) is 3.08. The van der Waals surface area contributed by atoms with Crippen LogP contribution in [-0.4, -0.2) is 30.4 Å². The fourth-order valence-electron chi connectivity index (χ4n) is 4.19. The molecule has 1 fully saturated rings. The van der Waals surface area contributed by atoms with E-state index in [0.29, 0.717) is 23.6 Å². The van der Waals surface area contributed by atoms with Crippen molar-refractivity contribution in [2.75, 3.05) is 16.8 Å². The van der Waals surface area contributed by atoms with Crippen molar-refractivity contribution in [3.63, 3.8) is 0 Å². The van der Waals surface area contributed by atoms with Crippen molar-refractivity contribution in [3.05, 3.63) is 125 Å². The Labute approximate surface area is 242 Å². The van der Waals surface area contributed by atoms with Crippen molar-refractivity contribution < 1.29 is 28.7 Å². The standard InChI is InChI=1S/C33H27N3O6/c1-22-11-13-25(14-12-22)34-30(37)21-42-29-10-6-5-9-24(29)19-28-31(38)35-33(40)36(32(28)39)26-15-17-27(18-16-26)41-20-23-7-3-2-4-8-23/h2-19H,20-21H2,1H3,(H,34,37)(H,35,38,40)/b28-19+. The van der Waals surface area contributed by atoms with Gasteiger partial charge >= 0.3 is 6.03 Å². The number of rotatable bonds is 9. The van der Waals surface area contributed by atoms with Gasteiger partial charge in [-0.15, -0.1) is 0 Å². The van der Waals surface area contributed by atoms with Crippen LogP contribution in [0.4, 0.5) is 16.2 Å². The van der Waals surface area contributed by atoms with Gasteiger partial charge in [-0.25, -0.2) is 9.69 Å². The first-order valence-electron chi connectivity index (χ1n) is 13.1. The van der Waals surface area contributed by atoms with Crippen molar-refractivity contribution in [3.8, 4) is 11.5 Å². The molecule has 0 unspecified atom stereocenters. The molecular formula is C33H27N3O6. The molecule has 5 amide bonds. The Hall–Kier alpha value is -5.70. The molecule has 1 heterocycles. The summed E-state index contributed by atoms with van der Waals surface area (Å²) in [6.45, 7) is 2.02. The first-order valence-corrected chi connectivity index (χ1v) is 13.1. The van der Waals surface area contributed by atoms with E-state index < -0.39 is 17.8 Å². The summed E-state index contributed by atoms with van der Waals surface area (Å²) < 4.78 is 11.5. The minimum atomic E-state index is -0.864. The SMILES string of the molecule is Cc1ccc(NC(=O)COc2ccccc2/C=C2\C(=O)NC(=O)N(c3ccc(OCc4ccccc4)cc3)C2=O)cc1. The second kappa shape index (κ2) is 12.6. The van der Waals surface area contributed by atoms with Gasteiger partial charge in [-0.1, -0.05) is 66.2 Å². The molecule has 9 nitrogen and oxygen atoms in total. The summed E-state index contributed by atoms with van der Waals surface area (Å²) >= 11 is 0. The van der Waals surface area contributed by atoms with E-state index in [1.54, 1.807) is 60.7 Å². The topological polar surface area (TPSA) is 114 Å². The number of nitrogens with one attached hydrogen (secondary N) is 2. The highest BCUT2D eigenvalue weighted by Crippen LogP contribution is 2.27. The Bertz CT molecular complexity index is 1650. The number of urea groups is 1. The van der Waals surface area contributed by atoms with Crippen LogP contribution in [0.2, 0.25) is 0 Å². The monoisotopic (exact) mass is 561 g/mol. The summed E-state index contributed by atoms with van der Waals surface area (Å²) in [4.78, 5) is 52.1. The summed E-state index contributed by atoms with van der Waals surface area (Å²) in [5.74, 6) is -1.17. The Kier molecular flexibility index (Phi) is 8.39. The van der Waals surface area contributed by atoms with Crippen LogP contribution in [0.15, 0.2) is 109 Å². The molecule has 1 saturated heterocycles. The molecule has 4 aromatic carbocycles. The molecule has 0 radical (unpaired) electrons. The molecular weight excluding hydrogens is 534 g/mol. The van der Waals surface area contributed by atoms with E-state index in [2.05, 4.69) is 10.6 Å². The number of imide groups is 2. The molecule has 1 aliphatic heterocycles. The highest BCUT2D eigenvalue weighted by atomic mass is 16.5. The fraction of sp³-hybridized carbons (Fsp3) is 0.0909. The lowest BCUT2D eigenvalue weighted by atomic mass is 10.1. The van der Waals surface area contributed by atoms with Gasteiger partial charge in [0.25, 0.3) is 17.7 Å². The third kappa shape index (κ3) is 6.71. The molecule has 0 bridgehead atoms. The van der Waals surface area contributed by atoms with Gasteiger partial charge in [0.2, 0.25) is 0 Å². The van der Waals surface area contributed by atoms with Gasteiger partial charge in [-0.3, -0.25) is 19.7 Å². The zero-order valence-corrected chi connectivity index (χ0v) is 22.7.